The van der Waals surface area contributed by atoms with Crippen molar-refractivity contribution >= 4 is 39.9 Å². The molecular formula is C12H9ClFN3O3S. The van der Waals surface area contributed by atoms with E-state index in [-0.39, 0.29) is 16.4 Å². The Morgan fingerprint density at radius 2 is 2.00 bits per heavy atom. The molecule has 1 aromatic carbocycles. The maximum Gasteiger partial charge on any atom is 0.255 e. The number of amides is 1. The van der Waals surface area contributed by atoms with E-state index in [1.54, 1.807) is 0 Å². The Kier molecular flexibility index (Phi) is 4.71. The number of pyridine rings is 1. The summed E-state index contributed by atoms with van der Waals surface area (Å²) in [5.74, 6) is -1.08. The fraction of sp³-hybridized carbons (Fsp3) is 0. The summed E-state index contributed by atoms with van der Waals surface area (Å²) >= 11 is 5.61. The van der Waals surface area contributed by atoms with E-state index in [9.17, 15) is 17.6 Å². The summed E-state index contributed by atoms with van der Waals surface area (Å²) in [5, 5.41) is 2.39. The second-order valence-corrected chi connectivity index (χ2v) is 5.03. The highest BCUT2D eigenvalue weighted by Gasteiger charge is 2.09. The van der Waals surface area contributed by atoms with Crippen molar-refractivity contribution in [1.29, 1.82) is 0 Å². The van der Waals surface area contributed by atoms with Gasteiger partial charge in [0.2, 0.25) is 10.9 Å². The molecule has 1 aromatic heterocycles. The summed E-state index contributed by atoms with van der Waals surface area (Å²) in [6, 6.07) is 6.42. The second kappa shape index (κ2) is 6.51. The molecule has 0 saturated heterocycles. The molecule has 0 aliphatic heterocycles. The first-order chi connectivity index (χ1) is 9.95. The van der Waals surface area contributed by atoms with Crippen LogP contribution in [-0.2, 0) is 10.9 Å². The fourth-order valence-corrected chi connectivity index (χ4v) is 1.99. The molecule has 1 amide bonds. The Labute approximate surface area is 126 Å². The normalized spacial score (nSPS) is 10.4. The molecule has 0 unspecified atom stereocenters. The van der Waals surface area contributed by atoms with Gasteiger partial charge in [0, 0.05) is 17.4 Å². The quantitative estimate of drug-likeness (QED) is 0.749. The SMILES string of the molecule is O=C(Nc1ccc(F)c(Cl)c1)c1ccnc(N[SH](=O)=O)c1. The summed E-state index contributed by atoms with van der Waals surface area (Å²) in [6.07, 6.45) is 1.29. The Bertz CT molecular complexity index is 759. The van der Waals surface area contributed by atoms with Crippen LogP contribution >= 0.6 is 11.6 Å². The first-order valence-corrected chi connectivity index (χ1v) is 7.15. The molecule has 0 fully saturated rings. The predicted octanol–water partition coefficient (Wildman–Crippen LogP) is 2.06. The van der Waals surface area contributed by atoms with Crippen molar-refractivity contribution in [2.45, 2.75) is 0 Å². The number of anilines is 2. The molecule has 0 atom stereocenters. The highest BCUT2D eigenvalue weighted by molar-refractivity contribution is 7.73. The Balaban J connectivity index is 2.18. The molecule has 0 aliphatic rings. The molecule has 2 aromatic rings. The van der Waals surface area contributed by atoms with E-state index in [4.69, 9.17) is 11.6 Å². The number of nitrogens with one attached hydrogen (secondary N) is 2. The molecule has 2 rings (SSSR count). The van der Waals surface area contributed by atoms with Gasteiger partial charge >= 0.3 is 0 Å². The number of rotatable bonds is 4. The lowest BCUT2D eigenvalue weighted by atomic mass is 10.2. The number of thiol groups is 1. The van der Waals surface area contributed by atoms with Gasteiger partial charge in [0.25, 0.3) is 5.91 Å². The number of benzene rings is 1. The van der Waals surface area contributed by atoms with Gasteiger partial charge in [0.05, 0.1) is 5.02 Å². The van der Waals surface area contributed by atoms with Gasteiger partial charge in [-0.1, -0.05) is 11.6 Å². The van der Waals surface area contributed by atoms with E-state index >= 15 is 0 Å². The van der Waals surface area contributed by atoms with Gasteiger partial charge in [-0.3, -0.25) is 9.52 Å². The van der Waals surface area contributed by atoms with Crippen molar-refractivity contribution in [3.63, 3.8) is 0 Å². The van der Waals surface area contributed by atoms with E-state index < -0.39 is 22.6 Å². The Morgan fingerprint density at radius 1 is 1.24 bits per heavy atom. The predicted molar refractivity (Wildman–Crippen MR) is 77.5 cm³/mol. The maximum absolute atomic E-state index is 13.0. The summed E-state index contributed by atoms with van der Waals surface area (Å²) in [4.78, 5) is 15.7. The van der Waals surface area contributed by atoms with Crippen LogP contribution < -0.4 is 10.0 Å². The van der Waals surface area contributed by atoms with Gasteiger partial charge in [0.15, 0.2) is 0 Å². The van der Waals surface area contributed by atoms with Crippen molar-refractivity contribution in [2.24, 2.45) is 0 Å². The molecule has 0 bridgehead atoms. The zero-order chi connectivity index (χ0) is 15.4. The van der Waals surface area contributed by atoms with Crippen LogP contribution in [0.25, 0.3) is 0 Å². The summed E-state index contributed by atoms with van der Waals surface area (Å²) in [7, 11) is -2.87. The van der Waals surface area contributed by atoms with Gasteiger partial charge < -0.3 is 5.32 Å². The van der Waals surface area contributed by atoms with Crippen LogP contribution in [-0.4, -0.2) is 19.3 Å². The van der Waals surface area contributed by atoms with Gasteiger partial charge in [-0.25, -0.2) is 17.8 Å². The lowest BCUT2D eigenvalue weighted by molar-refractivity contribution is 0.102. The van der Waals surface area contributed by atoms with Crippen LogP contribution in [0, 0.1) is 5.82 Å². The van der Waals surface area contributed by atoms with Gasteiger partial charge in [0.1, 0.15) is 11.6 Å². The third-order valence-corrected chi connectivity index (χ3v) is 3.11. The monoisotopic (exact) mass is 329 g/mol. The molecular weight excluding hydrogens is 321 g/mol. The summed E-state index contributed by atoms with van der Waals surface area (Å²) < 4.78 is 36.2. The topological polar surface area (TPSA) is 88.2 Å². The van der Waals surface area contributed by atoms with E-state index in [1.807, 2.05) is 0 Å². The fourth-order valence-electron chi connectivity index (χ4n) is 1.50. The number of aromatic nitrogens is 1. The van der Waals surface area contributed by atoms with Crippen molar-refractivity contribution in [2.75, 3.05) is 10.0 Å². The zero-order valence-electron chi connectivity index (χ0n) is 10.3. The molecule has 1 heterocycles. The minimum atomic E-state index is -2.87. The van der Waals surface area contributed by atoms with Crippen LogP contribution in [0.1, 0.15) is 10.4 Å². The summed E-state index contributed by atoms with van der Waals surface area (Å²) in [6.45, 7) is 0. The smallest absolute Gasteiger partial charge is 0.255 e. The molecule has 0 saturated carbocycles. The van der Waals surface area contributed by atoms with Gasteiger partial charge in [-0.05, 0) is 30.3 Å². The van der Waals surface area contributed by atoms with Crippen molar-refractivity contribution in [3.05, 3.63) is 52.9 Å². The molecule has 0 radical (unpaired) electrons. The summed E-state index contributed by atoms with van der Waals surface area (Å²) in [5.41, 5.74) is 0.498. The highest BCUT2D eigenvalue weighted by atomic mass is 35.5. The van der Waals surface area contributed by atoms with Gasteiger partial charge in [-0.2, -0.15) is 0 Å². The van der Waals surface area contributed by atoms with Crippen LogP contribution in [0.4, 0.5) is 15.9 Å². The molecule has 9 heteroatoms. The van der Waals surface area contributed by atoms with Gasteiger partial charge in [-0.15, -0.1) is 0 Å². The number of nitrogens with zero attached hydrogens (tertiary/aromatic N) is 1. The van der Waals surface area contributed by atoms with Crippen molar-refractivity contribution in [3.8, 4) is 0 Å². The second-order valence-electron chi connectivity index (χ2n) is 3.88. The van der Waals surface area contributed by atoms with Crippen LogP contribution in [0.15, 0.2) is 36.5 Å². The number of hydrogen-bond acceptors (Lipinski definition) is 4. The van der Waals surface area contributed by atoms with Crippen LogP contribution in [0.2, 0.25) is 5.02 Å². The third kappa shape index (κ3) is 4.14. The lowest BCUT2D eigenvalue weighted by Gasteiger charge is -2.07. The van der Waals surface area contributed by atoms with E-state index in [1.165, 1.54) is 30.5 Å². The molecule has 21 heavy (non-hydrogen) atoms. The molecule has 110 valence electrons. The minimum Gasteiger partial charge on any atom is -0.322 e. The number of hydrogen-bond donors (Lipinski definition) is 3. The van der Waals surface area contributed by atoms with Crippen molar-refractivity contribution in [1.82, 2.24) is 4.98 Å². The number of halogens is 2. The zero-order valence-corrected chi connectivity index (χ0v) is 12.0. The van der Waals surface area contributed by atoms with E-state index in [0.717, 1.165) is 6.07 Å². The molecule has 0 spiro atoms. The third-order valence-electron chi connectivity index (χ3n) is 2.41. The van der Waals surface area contributed by atoms with Crippen LogP contribution in [0.5, 0.6) is 0 Å². The largest absolute Gasteiger partial charge is 0.322 e. The van der Waals surface area contributed by atoms with E-state index in [0.29, 0.717) is 5.69 Å². The highest BCUT2D eigenvalue weighted by Crippen LogP contribution is 2.20. The first kappa shape index (κ1) is 15.2. The molecule has 0 aliphatic carbocycles. The number of carbonyl (C=O) groups is 1. The Morgan fingerprint density at radius 3 is 2.67 bits per heavy atom. The van der Waals surface area contributed by atoms with Crippen LogP contribution in [0.3, 0.4) is 0 Å². The maximum atomic E-state index is 13.0. The average Bonchev–Trinajstić information content (AvgIpc) is 2.42. The Hall–Kier alpha value is -2.19. The average molecular weight is 330 g/mol. The standard InChI is InChI=1S/C12H9ClFN3O3S/c13-9-6-8(1-2-10(9)14)16-12(18)7-3-4-15-11(5-7)17-21(19)20/h1-6,21H,(H,16,18)(H,15,17,19,20). The number of carbonyl (C=O) groups excluding carboxylic acids is 1. The van der Waals surface area contributed by atoms with E-state index in [2.05, 4.69) is 15.0 Å². The molecule has 6 nitrogen and oxygen atoms in total. The van der Waals surface area contributed by atoms with Crippen molar-refractivity contribution < 1.29 is 17.6 Å². The molecule has 2 N–H and O–H groups in total. The lowest BCUT2D eigenvalue weighted by Crippen LogP contribution is -2.12. The minimum absolute atomic E-state index is 0.0240. The first-order valence-electron chi connectivity index (χ1n) is 5.59.